The molecule has 8 nitrogen and oxygen atoms in total. The van der Waals surface area contributed by atoms with Crippen LogP contribution in [0.4, 0.5) is 15.8 Å². The van der Waals surface area contributed by atoms with E-state index in [2.05, 4.69) is 10.6 Å². The molecule has 11 heteroatoms. The normalized spacial score (nSPS) is 21.3. The standard InChI is InChI=1S/C21H21ClFN3O5S/c1-12-20(27)25-18-10-15(5-7-19(18)31-12)32(29,30)26-8-2-3-13(11-26)21(28)24-17-6-4-14(22)9-16(17)23/h4-7,9-10,12-13H,2-3,8,11H2,1H3,(H,24,28)(H,25,27)/t12-,13+/m0/s1. The highest BCUT2D eigenvalue weighted by Crippen LogP contribution is 2.34. The monoisotopic (exact) mass is 481 g/mol. The molecule has 0 saturated carbocycles. The maximum absolute atomic E-state index is 14.0. The molecule has 2 heterocycles. The second-order valence-corrected chi connectivity index (χ2v) is 10.1. The molecule has 2 aliphatic heterocycles. The number of benzene rings is 2. The number of fused-ring (bicyclic) bond motifs is 1. The summed E-state index contributed by atoms with van der Waals surface area (Å²) in [7, 11) is -3.92. The molecule has 0 unspecified atom stereocenters. The van der Waals surface area contributed by atoms with E-state index in [1.54, 1.807) is 6.92 Å². The number of carbonyl (C=O) groups excluding carboxylic acids is 2. The first-order valence-electron chi connectivity index (χ1n) is 10.0. The van der Waals surface area contributed by atoms with Crippen LogP contribution in [0.15, 0.2) is 41.3 Å². The van der Waals surface area contributed by atoms with Gasteiger partial charge in [-0.3, -0.25) is 9.59 Å². The zero-order valence-electron chi connectivity index (χ0n) is 17.1. The van der Waals surface area contributed by atoms with Crippen LogP contribution >= 0.6 is 11.6 Å². The van der Waals surface area contributed by atoms with Crippen LogP contribution in [0, 0.1) is 11.7 Å². The molecule has 0 spiro atoms. The molecule has 0 radical (unpaired) electrons. The van der Waals surface area contributed by atoms with Crippen LogP contribution in [-0.4, -0.2) is 43.7 Å². The summed E-state index contributed by atoms with van der Waals surface area (Å²) in [6, 6.07) is 8.16. The number of sulfonamides is 1. The van der Waals surface area contributed by atoms with Gasteiger partial charge < -0.3 is 15.4 Å². The Balaban J connectivity index is 1.50. The number of piperidine rings is 1. The first-order chi connectivity index (χ1) is 15.1. The molecule has 2 aromatic carbocycles. The van der Waals surface area contributed by atoms with Crippen LogP contribution in [0.3, 0.4) is 0 Å². The largest absolute Gasteiger partial charge is 0.479 e. The number of rotatable bonds is 4. The number of nitrogens with one attached hydrogen (secondary N) is 2. The first-order valence-corrected chi connectivity index (χ1v) is 11.8. The van der Waals surface area contributed by atoms with Gasteiger partial charge in [0.1, 0.15) is 11.6 Å². The van der Waals surface area contributed by atoms with Gasteiger partial charge in [0.15, 0.2) is 6.10 Å². The van der Waals surface area contributed by atoms with Crippen molar-refractivity contribution in [3.8, 4) is 5.75 Å². The van der Waals surface area contributed by atoms with Gasteiger partial charge in [0.2, 0.25) is 15.9 Å². The van der Waals surface area contributed by atoms with Crippen LogP contribution in [0.5, 0.6) is 5.75 Å². The van der Waals surface area contributed by atoms with Crippen LogP contribution < -0.4 is 15.4 Å². The Morgan fingerprint density at radius 3 is 2.81 bits per heavy atom. The SMILES string of the molecule is C[C@@H]1Oc2ccc(S(=O)(=O)N3CCC[C@@H](C(=O)Nc4ccc(Cl)cc4F)C3)cc2NC1=O. The zero-order valence-corrected chi connectivity index (χ0v) is 18.7. The van der Waals surface area contributed by atoms with Crippen molar-refractivity contribution in [1.29, 1.82) is 0 Å². The van der Waals surface area contributed by atoms with E-state index < -0.39 is 33.8 Å². The minimum absolute atomic E-state index is 0.0143. The summed E-state index contributed by atoms with van der Waals surface area (Å²) < 4.78 is 47.1. The third-order valence-electron chi connectivity index (χ3n) is 5.46. The summed E-state index contributed by atoms with van der Waals surface area (Å²) in [4.78, 5) is 24.5. The molecular formula is C21H21ClFN3O5S. The fraction of sp³-hybridized carbons (Fsp3) is 0.333. The maximum Gasteiger partial charge on any atom is 0.265 e. The number of nitrogens with zero attached hydrogens (tertiary/aromatic N) is 1. The highest BCUT2D eigenvalue weighted by atomic mass is 35.5. The van der Waals surface area contributed by atoms with Crippen LogP contribution in [0.2, 0.25) is 5.02 Å². The number of amides is 2. The second kappa shape index (κ2) is 8.68. The van der Waals surface area contributed by atoms with Crippen molar-refractivity contribution >= 4 is 44.8 Å². The fourth-order valence-electron chi connectivity index (χ4n) is 3.70. The second-order valence-electron chi connectivity index (χ2n) is 7.72. The van der Waals surface area contributed by atoms with Gasteiger partial charge in [0, 0.05) is 18.1 Å². The minimum Gasteiger partial charge on any atom is -0.479 e. The third-order valence-corrected chi connectivity index (χ3v) is 7.56. The smallest absolute Gasteiger partial charge is 0.265 e. The molecule has 2 atom stereocenters. The van der Waals surface area contributed by atoms with Gasteiger partial charge in [-0.2, -0.15) is 4.31 Å². The van der Waals surface area contributed by atoms with Gasteiger partial charge in [0.05, 0.1) is 22.2 Å². The number of hydrogen-bond acceptors (Lipinski definition) is 5. The molecule has 32 heavy (non-hydrogen) atoms. The van der Waals surface area contributed by atoms with Gasteiger partial charge in [-0.25, -0.2) is 12.8 Å². The third kappa shape index (κ3) is 4.43. The lowest BCUT2D eigenvalue weighted by Gasteiger charge is -2.31. The molecule has 0 aliphatic carbocycles. The number of hydrogen-bond donors (Lipinski definition) is 2. The fourth-order valence-corrected chi connectivity index (χ4v) is 5.41. The molecule has 1 saturated heterocycles. The predicted octanol–water partition coefficient (Wildman–Crippen LogP) is 3.24. The number of ether oxygens (including phenoxy) is 1. The molecule has 2 N–H and O–H groups in total. The van der Waals surface area contributed by atoms with Crippen LogP contribution in [0.25, 0.3) is 0 Å². The molecule has 2 amide bonds. The lowest BCUT2D eigenvalue weighted by molar-refractivity contribution is -0.123. The van der Waals surface area contributed by atoms with Crippen molar-refractivity contribution in [1.82, 2.24) is 4.31 Å². The predicted molar refractivity (Wildman–Crippen MR) is 117 cm³/mol. The van der Waals surface area contributed by atoms with Crippen molar-refractivity contribution in [3.63, 3.8) is 0 Å². The highest BCUT2D eigenvalue weighted by molar-refractivity contribution is 7.89. The Bertz CT molecular complexity index is 1190. The van der Waals surface area contributed by atoms with Crippen molar-refractivity contribution in [2.24, 2.45) is 5.92 Å². The van der Waals surface area contributed by atoms with Gasteiger partial charge >= 0.3 is 0 Å². The lowest BCUT2D eigenvalue weighted by Crippen LogP contribution is -2.43. The summed E-state index contributed by atoms with van der Waals surface area (Å²) in [5.41, 5.74) is 0.262. The van der Waals surface area contributed by atoms with E-state index in [0.717, 1.165) is 6.07 Å². The van der Waals surface area contributed by atoms with Crippen molar-refractivity contribution in [2.75, 3.05) is 23.7 Å². The van der Waals surface area contributed by atoms with Crippen molar-refractivity contribution in [2.45, 2.75) is 30.8 Å². The van der Waals surface area contributed by atoms with E-state index in [0.29, 0.717) is 18.6 Å². The van der Waals surface area contributed by atoms with Gasteiger partial charge in [-0.05, 0) is 56.2 Å². The molecule has 170 valence electrons. The molecular weight excluding hydrogens is 461 g/mol. The van der Waals surface area contributed by atoms with Crippen LogP contribution in [0.1, 0.15) is 19.8 Å². The topological polar surface area (TPSA) is 105 Å². The van der Waals surface area contributed by atoms with E-state index in [1.165, 1.54) is 34.6 Å². The zero-order chi connectivity index (χ0) is 23.0. The van der Waals surface area contributed by atoms with Crippen molar-refractivity contribution in [3.05, 3.63) is 47.2 Å². The summed E-state index contributed by atoms with van der Waals surface area (Å²) in [6.45, 7) is 1.80. The average Bonchev–Trinajstić information content (AvgIpc) is 2.76. The Hall–Kier alpha value is -2.69. The van der Waals surface area contributed by atoms with Crippen LogP contribution in [-0.2, 0) is 19.6 Å². The Labute approximate surface area is 189 Å². The summed E-state index contributed by atoms with van der Waals surface area (Å²) in [5, 5.41) is 5.35. The minimum atomic E-state index is -3.92. The first kappa shape index (κ1) is 22.5. The van der Waals surface area contributed by atoms with E-state index in [-0.39, 0.29) is 40.3 Å². The van der Waals surface area contributed by atoms with Gasteiger partial charge in [-0.15, -0.1) is 0 Å². The van der Waals surface area contributed by atoms with E-state index >= 15 is 0 Å². The molecule has 2 aromatic rings. The average molecular weight is 482 g/mol. The highest BCUT2D eigenvalue weighted by Gasteiger charge is 2.34. The van der Waals surface area contributed by atoms with Gasteiger partial charge in [-0.1, -0.05) is 11.6 Å². The molecule has 4 rings (SSSR count). The van der Waals surface area contributed by atoms with E-state index in [9.17, 15) is 22.4 Å². The number of anilines is 2. The summed E-state index contributed by atoms with van der Waals surface area (Å²) in [6.07, 6.45) is 0.277. The molecule has 1 fully saturated rings. The Kier molecular flexibility index (Phi) is 6.11. The van der Waals surface area contributed by atoms with Gasteiger partial charge in [0.25, 0.3) is 5.91 Å². The molecule has 2 aliphatic rings. The Morgan fingerprint density at radius 2 is 2.06 bits per heavy atom. The van der Waals surface area contributed by atoms with Crippen molar-refractivity contribution < 1.29 is 27.1 Å². The molecule has 0 aromatic heterocycles. The Morgan fingerprint density at radius 1 is 1.28 bits per heavy atom. The maximum atomic E-state index is 14.0. The lowest BCUT2D eigenvalue weighted by atomic mass is 9.98. The molecule has 0 bridgehead atoms. The van der Waals surface area contributed by atoms with E-state index in [1.807, 2.05) is 0 Å². The number of halogens is 2. The summed E-state index contributed by atoms with van der Waals surface area (Å²) in [5.74, 6) is -1.76. The summed E-state index contributed by atoms with van der Waals surface area (Å²) >= 11 is 5.73. The number of carbonyl (C=O) groups is 2. The quantitative estimate of drug-likeness (QED) is 0.697. The van der Waals surface area contributed by atoms with E-state index in [4.69, 9.17) is 16.3 Å².